The van der Waals surface area contributed by atoms with Gasteiger partial charge in [-0.2, -0.15) is 0 Å². The Kier molecular flexibility index (Phi) is 5.84. The lowest BCUT2D eigenvalue weighted by molar-refractivity contribution is -0.160. The van der Waals surface area contributed by atoms with E-state index in [9.17, 15) is 14.4 Å². The predicted octanol–water partition coefficient (Wildman–Crippen LogP) is 4.35. The molecule has 0 heterocycles. The summed E-state index contributed by atoms with van der Waals surface area (Å²) in [6.45, 7) is 1.94. The molecule has 3 rings (SSSR count). The Balaban J connectivity index is 2.04. The molecule has 0 radical (unpaired) electrons. The van der Waals surface area contributed by atoms with Crippen LogP contribution in [0.4, 0.5) is 0 Å². The average molecular weight is 364 g/mol. The van der Waals surface area contributed by atoms with Crippen molar-refractivity contribution in [1.29, 1.82) is 0 Å². The summed E-state index contributed by atoms with van der Waals surface area (Å²) in [6, 6.07) is 18.4. The van der Waals surface area contributed by atoms with Crippen molar-refractivity contribution in [3.63, 3.8) is 0 Å². The molecule has 0 bridgehead atoms. The van der Waals surface area contributed by atoms with Gasteiger partial charge in [-0.25, -0.2) is 0 Å². The van der Waals surface area contributed by atoms with E-state index in [0.717, 1.165) is 5.56 Å². The fraction of sp³-hybridized carbons (Fsp3) is 0.348. The highest BCUT2D eigenvalue weighted by molar-refractivity contribution is 6.07. The molecule has 0 amide bonds. The molecule has 2 atom stereocenters. The Hall–Kier alpha value is -2.75. The van der Waals surface area contributed by atoms with E-state index in [4.69, 9.17) is 4.74 Å². The molecule has 4 heteroatoms. The summed E-state index contributed by atoms with van der Waals surface area (Å²) in [5, 5.41) is 0. The van der Waals surface area contributed by atoms with Crippen LogP contribution in [0.3, 0.4) is 0 Å². The van der Waals surface area contributed by atoms with Crippen LogP contribution in [-0.4, -0.2) is 24.1 Å². The average Bonchev–Trinajstić information content (AvgIpc) is 3.09. The Morgan fingerprint density at radius 1 is 1.04 bits per heavy atom. The molecule has 0 aromatic heterocycles. The Morgan fingerprint density at radius 3 is 2.22 bits per heavy atom. The lowest BCUT2D eigenvalue weighted by Crippen LogP contribution is -2.43. The van der Waals surface area contributed by atoms with Crippen LogP contribution in [0.25, 0.3) is 0 Å². The van der Waals surface area contributed by atoms with E-state index in [-0.39, 0.29) is 24.6 Å². The van der Waals surface area contributed by atoms with E-state index in [1.165, 1.54) is 0 Å². The van der Waals surface area contributed by atoms with Crippen molar-refractivity contribution in [2.75, 3.05) is 6.61 Å². The molecule has 1 aliphatic rings. The summed E-state index contributed by atoms with van der Waals surface area (Å²) < 4.78 is 5.32. The zero-order chi connectivity index (χ0) is 19.3. The second-order valence-electron chi connectivity index (χ2n) is 6.93. The highest BCUT2D eigenvalue weighted by Gasteiger charge is 2.56. The van der Waals surface area contributed by atoms with Gasteiger partial charge < -0.3 is 4.74 Å². The van der Waals surface area contributed by atoms with Crippen LogP contribution in [0.2, 0.25) is 0 Å². The third-order valence-corrected chi connectivity index (χ3v) is 5.39. The van der Waals surface area contributed by atoms with Crippen LogP contribution in [0, 0.1) is 5.41 Å². The molecule has 1 unspecified atom stereocenters. The maximum atomic E-state index is 13.0. The molecule has 140 valence electrons. The molecule has 2 aromatic carbocycles. The molecule has 1 fully saturated rings. The lowest BCUT2D eigenvalue weighted by Gasteiger charge is -2.34. The fourth-order valence-electron chi connectivity index (χ4n) is 4.07. The first-order valence-electron chi connectivity index (χ1n) is 9.43. The van der Waals surface area contributed by atoms with E-state index in [2.05, 4.69) is 0 Å². The number of rotatable bonds is 7. The van der Waals surface area contributed by atoms with Gasteiger partial charge in [0.2, 0.25) is 0 Å². The molecule has 27 heavy (non-hydrogen) atoms. The minimum atomic E-state index is -1.28. The number of hydrogen-bond acceptors (Lipinski definition) is 4. The molecule has 2 aromatic rings. The van der Waals surface area contributed by atoms with E-state index in [1.54, 1.807) is 19.1 Å². The third kappa shape index (κ3) is 3.70. The Labute approximate surface area is 159 Å². The molecular formula is C23H24O4. The number of ether oxygens (including phenoxy) is 1. The third-order valence-electron chi connectivity index (χ3n) is 5.39. The number of ketones is 2. The van der Waals surface area contributed by atoms with Gasteiger partial charge in [-0.3, -0.25) is 14.4 Å². The minimum Gasteiger partial charge on any atom is -0.465 e. The van der Waals surface area contributed by atoms with Gasteiger partial charge in [-0.1, -0.05) is 60.7 Å². The van der Waals surface area contributed by atoms with Crippen molar-refractivity contribution in [1.82, 2.24) is 0 Å². The number of esters is 1. The maximum absolute atomic E-state index is 13.0. The second kappa shape index (κ2) is 8.30. The van der Waals surface area contributed by atoms with Gasteiger partial charge in [0.05, 0.1) is 6.61 Å². The molecule has 4 nitrogen and oxygen atoms in total. The maximum Gasteiger partial charge on any atom is 0.320 e. The number of benzene rings is 2. The van der Waals surface area contributed by atoms with Gasteiger partial charge >= 0.3 is 5.97 Å². The highest BCUT2D eigenvalue weighted by atomic mass is 16.5. The van der Waals surface area contributed by atoms with Crippen LogP contribution in [0.15, 0.2) is 60.7 Å². The van der Waals surface area contributed by atoms with Crippen molar-refractivity contribution < 1.29 is 19.1 Å². The molecule has 0 saturated heterocycles. The summed E-state index contributed by atoms with van der Waals surface area (Å²) >= 11 is 0. The standard InChI is InChI=1S/C23H24O4/c1-2-27-22(26)23(15-9-14-21(23)25)19(17-10-5-3-6-11-17)16-20(24)18-12-7-4-8-13-18/h3-8,10-13,19H,2,9,14-16H2,1H3/t19-,23?/m1/s1. The van der Waals surface area contributed by atoms with E-state index < -0.39 is 17.3 Å². The van der Waals surface area contributed by atoms with Crippen LogP contribution in [0.5, 0.6) is 0 Å². The lowest BCUT2D eigenvalue weighted by atomic mass is 9.67. The van der Waals surface area contributed by atoms with Crippen molar-refractivity contribution in [2.24, 2.45) is 5.41 Å². The first-order chi connectivity index (χ1) is 13.1. The van der Waals surface area contributed by atoms with Crippen molar-refractivity contribution in [3.05, 3.63) is 71.8 Å². The summed E-state index contributed by atoms with van der Waals surface area (Å²) in [6.07, 6.45) is 1.51. The number of carbonyl (C=O) groups is 3. The zero-order valence-electron chi connectivity index (χ0n) is 15.5. The van der Waals surface area contributed by atoms with E-state index >= 15 is 0 Å². The minimum absolute atomic E-state index is 0.0761. The first-order valence-corrected chi connectivity index (χ1v) is 9.43. The summed E-state index contributed by atoms with van der Waals surface area (Å²) in [5.74, 6) is -1.22. The summed E-state index contributed by atoms with van der Waals surface area (Å²) in [5.41, 5.74) is 0.134. The molecule has 0 spiro atoms. The van der Waals surface area contributed by atoms with Gasteiger partial charge in [0, 0.05) is 24.3 Å². The van der Waals surface area contributed by atoms with Crippen LogP contribution in [-0.2, 0) is 14.3 Å². The van der Waals surface area contributed by atoms with Crippen molar-refractivity contribution in [3.8, 4) is 0 Å². The Bertz CT molecular complexity index is 813. The normalized spacial score (nSPS) is 20.3. The highest BCUT2D eigenvalue weighted by Crippen LogP contribution is 2.49. The second-order valence-corrected chi connectivity index (χ2v) is 6.93. The number of hydrogen-bond donors (Lipinski definition) is 0. The topological polar surface area (TPSA) is 60.4 Å². The molecule has 1 saturated carbocycles. The van der Waals surface area contributed by atoms with Gasteiger partial charge in [-0.15, -0.1) is 0 Å². The molecular weight excluding hydrogens is 340 g/mol. The Morgan fingerprint density at radius 2 is 1.67 bits per heavy atom. The van der Waals surface area contributed by atoms with E-state index in [1.807, 2.05) is 48.5 Å². The number of carbonyl (C=O) groups excluding carboxylic acids is 3. The quantitative estimate of drug-likeness (QED) is 0.416. The van der Waals surface area contributed by atoms with Crippen LogP contribution >= 0.6 is 0 Å². The number of Topliss-reactive ketones (excluding diaryl/α,β-unsaturated/α-hetero) is 2. The molecule has 0 N–H and O–H groups in total. The van der Waals surface area contributed by atoms with Gasteiger partial charge in [0.1, 0.15) is 5.41 Å². The van der Waals surface area contributed by atoms with Gasteiger partial charge in [-0.05, 0) is 25.3 Å². The summed E-state index contributed by atoms with van der Waals surface area (Å²) in [7, 11) is 0. The zero-order valence-corrected chi connectivity index (χ0v) is 15.5. The van der Waals surface area contributed by atoms with Crippen molar-refractivity contribution >= 4 is 17.5 Å². The summed E-state index contributed by atoms with van der Waals surface area (Å²) in [4.78, 5) is 38.8. The van der Waals surface area contributed by atoms with Crippen LogP contribution in [0.1, 0.15) is 54.4 Å². The molecule has 1 aliphatic carbocycles. The SMILES string of the molecule is CCOC(=O)C1([C@H](CC(=O)c2ccccc2)c2ccccc2)CCCC1=O. The van der Waals surface area contributed by atoms with Crippen molar-refractivity contribution in [2.45, 2.75) is 38.5 Å². The van der Waals surface area contributed by atoms with Gasteiger partial charge in [0.25, 0.3) is 0 Å². The fourth-order valence-corrected chi connectivity index (χ4v) is 4.07. The largest absolute Gasteiger partial charge is 0.465 e. The van der Waals surface area contributed by atoms with Gasteiger partial charge in [0.15, 0.2) is 11.6 Å². The van der Waals surface area contributed by atoms with Crippen LogP contribution < -0.4 is 0 Å². The smallest absolute Gasteiger partial charge is 0.320 e. The van der Waals surface area contributed by atoms with E-state index in [0.29, 0.717) is 24.8 Å². The first kappa shape index (κ1) is 19.0. The monoisotopic (exact) mass is 364 g/mol. The predicted molar refractivity (Wildman–Crippen MR) is 102 cm³/mol. The molecule has 0 aliphatic heterocycles.